The SMILES string of the molecule is CC(C)Cc1ccc([C@H](C)C(=O)SCCNC(=O)CCNC(=O)[C@H](O)C(C)(C)COP(=O)(O)OP(=O)(O)OC[C@H]2O[C@@H]([n+]3c[nH]c4c(N)ncnc43)[C@H](O)[C@@H]2OP(=O)(O)O)cc1. The van der Waals surface area contributed by atoms with Gasteiger partial charge in [-0.25, -0.2) is 18.3 Å². The Balaban J connectivity index is 1.19. The van der Waals surface area contributed by atoms with E-state index in [9.17, 15) is 57.9 Å². The molecule has 346 valence electrons. The van der Waals surface area contributed by atoms with Crippen LogP contribution in [0.5, 0.6) is 0 Å². The number of aromatic nitrogens is 4. The molecule has 2 amide bonds. The van der Waals surface area contributed by atoms with E-state index in [2.05, 4.69) is 48.3 Å². The van der Waals surface area contributed by atoms with Gasteiger partial charge in [0.15, 0.2) is 23.6 Å². The predicted molar refractivity (Wildman–Crippen MR) is 219 cm³/mol. The van der Waals surface area contributed by atoms with Crippen LogP contribution < -0.4 is 20.9 Å². The highest BCUT2D eigenvalue weighted by Gasteiger charge is 2.52. The average molecular weight is 957 g/mol. The quantitative estimate of drug-likeness (QED) is 0.0361. The highest BCUT2D eigenvalue weighted by atomic mass is 32.2. The Bertz CT molecular complexity index is 2180. The minimum Gasteiger partial charge on any atom is -0.384 e. The summed E-state index contributed by atoms with van der Waals surface area (Å²) in [5.74, 6) is -0.893. The molecule has 1 aromatic carbocycles. The number of phosphoric acid groups is 3. The molecule has 24 nitrogen and oxygen atoms in total. The Hall–Kier alpha value is -3.22. The van der Waals surface area contributed by atoms with Crippen LogP contribution in [0.3, 0.4) is 0 Å². The number of fused-ring (bicyclic) bond motifs is 1. The fourth-order valence-corrected chi connectivity index (χ4v) is 9.63. The van der Waals surface area contributed by atoms with Gasteiger partial charge in [-0.1, -0.05) is 75.6 Å². The third-order valence-corrected chi connectivity index (χ3v) is 13.4. The molecule has 0 radical (unpaired) electrons. The summed E-state index contributed by atoms with van der Waals surface area (Å²) in [6, 6.07) is 7.93. The number of imidazole rings is 1. The van der Waals surface area contributed by atoms with Crippen molar-refractivity contribution in [3.8, 4) is 0 Å². The monoisotopic (exact) mass is 956 g/mol. The number of nitrogen functional groups attached to an aromatic ring is 1. The number of carbonyl (C=O) groups is 3. The number of hydrogen-bond acceptors (Lipinski definition) is 17. The van der Waals surface area contributed by atoms with Crippen molar-refractivity contribution >= 4 is 69.1 Å². The first-order valence-corrected chi connectivity index (χ1v) is 24.5. The number of benzene rings is 1. The van der Waals surface area contributed by atoms with Crippen molar-refractivity contribution in [3.63, 3.8) is 0 Å². The van der Waals surface area contributed by atoms with Crippen molar-refractivity contribution in [3.05, 3.63) is 48.0 Å². The highest BCUT2D eigenvalue weighted by Crippen LogP contribution is 2.61. The van der Waals surface area contributed by atoms with Crippen LogP contribution in [0.2, 0.25) is 0 Å². The average Bonchev–Trinajstić information content (AvgIpc) is 3.74. The number of amides is 2. The molecule has 1 fully saturated rings. The number of H-pyrrole nitrogens is 1. The van der Waals surface area contributed by atoms with Gasteiger partial charge in [0.2, 0.25) is 23.6 Å². The lowest BCUT2D eigenvalue weighted by molar-refractivity contribution is -0.745. The molecule has 8 atom stereocenters. The molecular weight excluding hydrogens is 903 g/mol. The maximum absolute atomic E-state index is 12.7. The van der Waals surface area contributed by atoms with Crippen molar-refractivity contribution in [1.82, 2.24) is 25.6 Å². The highest BCUT2D eigenvalue weighted by molar-refractivity contribution is 8.13. The second-order valence-electron chi connectivity index (χ2n) is 15.4. The molecule has 3 heterocycles. The molecule has 1 aliphatic rings. The van der Waals surface area contributed by atoms with Crippen molar-refractivity contribution in [2.24, 2.45) is 11.3 Å². The molecule has 4 rings (SSSR count). The Labute approximate surface area is 360 Å². The molecule has 28 heteroatoms. The second-order valence-corrected chi connectivity index (χ2v) is 20.7. The van der Waals surface area contributed by atoms with Crippen molar-refractivity contribution in [2.75, 3.05) is 37.8 Å². The van der Waals surface area contributed by atoms with Crippen LogP contribution in [0.25, 0.3) is 11.2 Å². The number of phosphoric ester groups is 3. The van der Waals surface area contributed by atoms with Crippen LogP contribution in [-0.4, -0.2) is 118 Å². The summed E-state index contributed by atoms with van der Waals surface area (Å²) < 4.78 is 62.5. The van der Waals surface area contributed by atoms with E-state index >= 15 is 0 Å². The van der Waals surface area contributed by atoms with Crippen molar-refractivity contribution in [2.45, 2.75) is 84.0 Å². The van der Waals surface area contributed by atoms with Crippen LogP contribution >= 0.6 is 35.2 Å². The summed E-state index contributed by atoms with van der Waals surface area (Å²) in [7, 11) is -16.4. The van der Waals surface area contributed by atoms with Crippen LogP contribution in [0, 0.1) is 11.3 Å². The van der Waals surface area contributed by atoms with Gasteiger partial charge in [-0.3, -0.25) is 32.9 Å². The van der Waals surface area contributed by atoms with Crippen LogP contribution in [0.15, 0.2) is 36.9 Å². The molecule has 62 heavy (non-hydrogen) atoms. The smallest absolute Gasteiger partial charge is 0.384 e. The molecule has 3 aromatic rings. The van der Waals surface area contributed by atoms with Crippen molar-refractivity contribution < 1.29 is 85.1 Å². The van der Waals surface area contributed by atoms with E-state index in [-0.39, 0.29) is 47.5 Å². The van der Waals surface area contributed by atoms with E-state index in [1.807, 2.05) is 31.2 Å². The second kappa shape index (κ2) is 21.6. The lowest BCUT2D eigenvalue weighted by atomic mass is 9.87. The molecule has 2 unspecified atom stereocenters. The summed E-state index contributed by atoms with van der Waals surface area (Å²) in [4.78, 5) is 87.6. The molecule has 0 saturated carbocycles. The summed E-state index contributed by atoms with van der Waals surface area (Å²) in [6.07, 6.45) is -5.77. The Kier molecular flexibility index (Phi) is 17.9. The number of aliphatic hydroxyl groups is 2. The summed E-state index contributed by atoms with van der Waals surface area (Å²) in [6.45, 7) is 6.58. The first kappa shape index (κ1) is 51.4. The Morgan fingerprint density at radius 1 is 1.02 bits per heavy atom. The van der Waals surface area contributed by atoms with Gasteiger partial charge in [-0.05, 0) is 23.5 Å². The number of aromatic amines is 1. The molecule has 1 aliphatic heterocycles. The van der Waals surface area contributed by atoms with Gasteiger partial charge < -0.3 is 50.9 Å². The fraction of sp³-hybridized carbons (Fsp3) is 0.588. The Morgan fingerprint density at radius 3 is 2.32 bits per heavy atom. The number of nitrogens with two attached hydrogens (primary N) is 1. The van der Waals surface area contributed by atoms with E-state index in [0.29, 0.717) is 11.7 Å². The van der Waals surface area contributed by atoms with E-state index in [4.69, 9.17) is 19.5 Å². The van der Waals surface area contributed by atoms with Gasteiger partial charge in [0, 0.05) is 30.7 Å². The van der Waals surface area contributed by atoms with E-state index in [1.54, 1.807) is 0 Å². The number of hydrogen-bond donors (Lipinski definition) is 10. The van der Waals surface area contributed by atoms with Crippen LogP contribution in [0.4, 0.5) is 5.82 Å². The number of nitrogens with one attached hydrogen (secondary N) is 3. The summed E-state index contributed by atoms with van der Waals surface area (Å²) >= 11 is 1.09. The third kappa shape index (κ3) is 14.9. The fourth-order valence-electron chi connectivity index (χ4n) is 6.01. The predicted octanol–water partition coefficient (Wildman–Crippen LogP) is 1.09. The van der Waals surface area contributed by atoms with Crippen LogP contribution in [-0.2, 0) is 57.1 Å². The molecule has 1 saturated heterocycles. The zero-order valence-electron chi connectivity index (χ0n) is 34.3. The number of anilines is 1. The number of thioether (sulfide) groups is 1. The normalized spacial score (nSPS) is 21.3. The van der Waals surface area contributed by atoms with E-state index in [0.717, 1.165) is 30.1 Å². The third-order valence-electron chi connectivity index (χ3n) is 9.29. The summed E-state index contributed by atoms with van der Waals surface area (Å²) in [5.41, 5.74) is 6.57. The number of nitrogens with zero attached hydrogens (tertiary/aromatic N) is 3. The number of rotatable bonds is 23. The number of ether oxygens (including phenoxy) is 1. The van der Waals surface area contributed by atoms with E-state index in [1.165, 1.54) is 30.3 Å². The van der Waals surface area contributed by atoms with Gasteiger partial charge >= 0.3 is 29.1 Å². The molecule has 0 spiro atoms. The number of carbonyl (C=O) groups excluding carboxylic acids is 3. The number of aliphatic hydroxyl groups excluding tert-OH is 2. The first-order chi connectivity index (χ1) is 28.8. The van der Waals surface area contributed by atoms with Gasteiger partial charge in [-0.15, -0.1) is 0 Å². The maximum Gasteiger partial charge on any atom is 0.481 e. The molecule has 0 aliphatic carbocycles. The molecule has 11 N–H and O–H groups in total. The lowest BCUT2D eigenvalue weighted by Gasteiger charge is -2.30. The Morgan fingerprint density at radius 2 is 1.68 bits per heavy atom. The largest absolute Gasteiger partial charge is 0.481 e. The van der Waals surface area contributed by atoms with E-state index < -0.39 is 84.6 Å². The maximum atomic E-state index is 12.7. The van der Waals surface area contributed by atoms with Gasteiger partial charge in [0.25, 0.3) is 0 Å². The van der Waals surface area contributed by atoms with Gasteiger partial charge in [0.05, 0.1) is 19.1 Å². The zero-order chi connectivity index (χ0) is 46.2. The van der Waals surface area contributed by atoms with Gasteiger partial charge in [-0.2, -0.15) is 9.29 Å². The zero-order valence-corrected chi connectivity index (χ0v) is 37.8. The minimum atomic E-state index is -5.57. The standard InChI is InChI=1S/C34H52N7O17P3S/c1-19(2)14-21-6-8-22(9-7-21)20(3)33(46)62-13-12-36-24(42)10-11-37-31(45)28(44)34(4,5)16-55-61(52,53)58-60(50,51)54-15-23-27(57-59(47,48)49)26(43)32(56-23)41-18-40-25-29(35)38-17-39-30(25)41/h6-9,17-20,23,26-28,32,43-44H,10-16H2,1-5H3,(H8,35,36,37,38,39,42,45,47,48,49,50,51,52,53)/p+1/t20-,23+,26+,27+,28-,32+/m0/s1. The molecule has 0 bridgehead atoms. The van der Waals surface area contributed by atoms with Crippen molar-refractivity contribution in [1.29, 1.82) is 0 Å². The molecular formula is C34H53N7O17P3S+. The summed E-state index contributed by atoms with van der Waals surface area (Å²) in [5, 5.41) is 26.5. The van der Waals surface area contributed by atoms with Crippen LogP contribution in [0.1, 0.15) is 64.3 Å². The lowest BCUT2D eigenvalue weighted by Crippen LogP contribution is -2.46. The minimum absolute atomic E-state index is 0.0126. The van der Waals surface area contributed by atoms with Gasteiger partial charge in [0.1, 0.15) is 24.4 Å². The molecule has 2 aromatic heterocycles. The first-order valence-electron chi connectivity index (χ1n) is 19.0. The topological polar surface area (TPSA) is 365 Å².